The zero-order valence-corrected chi connectivity index (χ0v) is 18.3. The number of ether oxygens (including phenoxy) is 1. The monoisotopic (exact) mass is 531 g/mol. The summed E-state index contributed by atoms with van der Waals surface area (Å²) in [6.45, 7) is 1.79. The fraction of sp³-hybridized carbons (Fsp3) is 0.316. The summed E-state index contributed by atoms with van der Waals surface area (Å²) in [7, 11) is -3.63. The minimum absolute atomic E-state index is 0.0833. The first kappa shape index (κ1) is 26.5. The molecule has 0 fully saturated rings. The molecule has 1 aromatic heterocycles. The van der Waals surface area contributed by atoms with E-state index in [9.17, 15) is 49.1 Å². The fourth-order valence-electron chi connectivity index (χ4n) is 3.30. The van der Waals surface area contributed by atoms with Gasteiger partial charge < -0.3 is 19.7 Å². The minimum atomic E-state index is -5.36. The van der Waals surface area contributed by atoms with Gasteiger partial charge in [-0.25, -0.2) is 17.5 Å². The summed E-state index contributed by atoms with van der Waals surface area (Å²) >= 11 is 0. The second-order valence-electron chi connectivity index (χ2n) is 7.44. The molecule has 2 heterocycles. The highest BCUT2D eigenvalue weighted by molar-refractivity contribution is 7.89. The summed E-state index contributed by atoms with van der Waals surface area (Å²) in [4.78, 5) is 12.0. The SMILES string of the molecule is C=C[C@@](O)([C@@H]1COc2c(cn(C)c2C(=O)Nc2ccc(F)c(C(F)(F)F)c2)S(=O)(=O)N1)C(F)(F)F. The van der Waals surface area contributed by atoms with Gasteiger partial charge in [0.2, 0.25) is 10.0 Å². The molecule has 0 unspecified atom stereocenters. The lowest BCUT2D eigenvalue weighted by Gasteiger charge is -2.33. The van der Waals surface area contributed by atoms with Crippen LogP contribution in [-0.4, -0.2) is 48.4 Å². The van der Waals surface area contributed by atoms with E-state index in [1.165, 1.54) is 7.05 Å². The summed E-state index contributed by atoms with van der Waals surface area (Å²) in [5, 5.41) is 12.1. The number of carbonyl (C=O) groups excluding carboxylic acids is 1. The van der Waals surface area contributed by atoms with Crippen LogP contribution >= 0.6 is 0 Å². The summed E-state index contributed by atoms with van der Waals surface area (Å²) in [5.41, 5.74) is -6.51. The largest absolute Gasteiger partial charge is 0.488 e. The molecule has 0 bridgehead atoms. The van der Waals surface area contributed by atoms with Crippen molar-refractivity contribution >= 4 is 21.6 Å². The van der Waals surface area contributed by atoms with E-state index in [2.05, 4.69) is 6.58 Å². The number of nitrogens with zero attached hydrogens (tertiary/aromatic N) is 1. The topological polar surface area (TPSA) is 110 Å². The predicted octanol–water partition coefficient (Wildman–Crippen LogP) is 2.95. The molecule has 2 atom stereocenters. The van der Waals surface area contributed by atoms with Crippen molar-refractivity contribution in [3.8, 4) is 5.75 Å². The number of aromatic nitrogens is 1. The van der Waals surface area contributed by atoms with Crippen LogP contribution in [-0.2, 0) is 23.2 Å². The minimum Gasteiger partial charge on any atom is -0.488 e. The Labute approximate surface area is 193 Å². The van der Waals surface area contributed by atoms with Crippen LogP contribution in [0.3, 0.4) is 0 Å². The molecule has 0 spiro atoms. The number of sulfonamides is 1. The smallest absolute Gasteiger partial charge is 0.422 e. The van der Waals surface area contributed by atoms with Gasteiger partial charge in [-0.3, -0.25) is 4.79 Å². The molecule has 16 heteroatoms. The highest BCUT2D eigenvalue weighted by atomic mass is 32.2. The number of amides is 1. The molecular formula is C19H16F7N3O5S. The van der Waals surface area contributed by atoms with Crippen LogP contribution in [0.2, 0.25) is 0 Å². The van der Waals surface area contributed by atoms with Crippen molar-refractivity contribution in [2.45, 2.75) is 28.9 Å². The molecule has 3 N–H and O–H groups in total. The third kappa shape index (κ3) is 4.72. The molecule has 0 aliphatic carbocycles. The number of hydrogen-bond acceptors (Lipinski definition) is 5. The highest BCUT2D eigenvalue weighted by Crippen LogP contribution is 2.39. The van der Waals surface area contributed by atoms with E-state index < -0.39 is 79.9 Å². The van der Waals surface area contributed by atoms with E-state index in [1.54, 1.807) is 4.72 Å². The summed E-state index contributed by atoms with van der Waals surface area (Å²) in [5.74, 6) is -3.53. The Morgan fingerprint density at radius 3 is 2.46 bits per heavy atom. The van der Waals surface area contributed by atoms with Gasteiger partial charge in [0, 0.05) is 18.9 Å². The van der Waals surface area contributed by atoms with E-state index in [4.69, 9.17) is 4.74 Å². The maximum absolute atomic E-state index is 13.5. The number of aryl methyl sites for hydroxylation is 1. The van der Waals surface area contributed by atoms with Gasteiger partial charge in [0.15, 0.2) is 17.0 Å². The fourth-order valence-corrected chi connectivity index (χ4v) is 4.75. The first-order chi connectivity index (χ1) is 15.9. The van der Waals surface area contributed by atoms with E-state index in [1.807, 2.05) is 5.32 Å². The van der Waals surface area contributed by atoms with E-state index in [0.29, 0.717) is 12.1 Å². The van der Waals surface area contributed by atoms with Crippen LogP contribution in [0.1, 0.15) is 16.1 Å². The zero-order chi connectivity index (χ0) is 26.6. The Kier molecular flexibility index (Phi) is 6.45. The van der Waals surface area contributed by atoms with Gasteiger partial charge in [-0.1, -0.05) is 6.58 Å². The van der Waals surface area contributed by atoms with Gasteiger partial charge in [0.1, 0.15) is 17.3 Å². The van der Waals surface area contributed by atoms with Gasteiger partial charge in [0.05, 0.1) is 11.6 Å². The first-order valence-corrected chi connectivity index (χ1v) is 10.9. The Morgan fingerprint density at radius 1 is 1.29 bits per heavy atom. The van der Waals surface area contributed by atoms with Crippen LogP contribution < -0.4 is 14.8 Å². The molecule has 35 heavy (non-hydrogen) atoms. The number of carbonyl (C=O) groups is 1. The number of aliphatic hydroxyl groups is 1. The molecule has 0 saturated carbocycles. The molecule has 0 radical (unpaired) electrons. The lowest BCUT2D eigenvalue weighted by molar-refractivity contribution is -0.249. The van der Waals surface area contributed by atoms with Crippen molar-refractivity contribution in [3.05, 3.63) is 54.1 Å². The first-order valence-electron chi connectivity index (χ1n) is 9.37. The average Bonchev–Trinajstić information content (AvgIpc) is 3.00. The molecule has 1 amide bonds. The molecule has 1 aliphatic heterocycles. The van der Waals surface area contributed by atoms with E-state index >= 15 is 0 Å². The van der Waals surface area contributed by atoms with Crippen molar-refractivity contribution in [2.24, 2.45) is 7.05 Å². The predicted molar refractivity (Wildman–Crippen MR) is 106 cm³/mol. The summed E-state index contributed by atoms with van der Waals surface area (Å²) < 4.78 is 126. The van der Waals surface area contributed by atoms with Crippen molar-refractivity contribution in [3.63, 3.8) is 0 Å². The van der Waals surface area contributed by atoms with Crippen molar-refractivity contribution in [1.29, 1.82) is 0 Å². The van der Waals surface area contributed by atoms with E-state index in [-0.39, 0.29) is 6.08 Å². The second kappa shape index (κ2) is 8.53. The molecular weight excluding hydrogens is 515 g/mol. The number of nitrogens with one attached hydrogen (secondary N) is 2. The van der Waals surface area contributed by atoms with Gasteiger partial charge in [-0.15, -0.1) is 0 Å². The molecule has 3 rings (SSSR count). The third-order valence-electron chi connectivity index (χ3n) is 5.12. The number of alkyl halides is 6. The molecule has 0 saturated heterocycles. The quantitative estimate of drug-likeness (QED) is 0.415. The number of hydrogen-bond donors (Lipinski definition) is 3. The number of benzene rings is 1. The Hall–Kier alpha value is -3.11. The maximum Gasteiger partial charge on any atom is 0.422 e. The van der Waals surface area contributed by atoms with Gasteiger partial charge in [-0.2, -0.15) is 26.3 Å². The van der Waals surface area contributed by atoms with Crippen molar-refractivity contribution in [1.82, 2.24) is 9.29 Å². The molecule has 1 aromatic carbocycles. The number of rotatable bonds is 4. The second-order valence-corrected chi connectivity index (χ2v) is 9.12. The summed E-state index contributed by atoms with van der Waals surface area (Å²) in [6.07, 6.45) is -9.53. The van der Waals surface area contributed by atoms with E-state index in [0.717, 1.165) is 16.8 Å². The standard InChI is InChI=1S/C19H16F7N3O5S/c1-3-17(31,19(24,25)26)13-8-34-15-12(35(32,33)28-13)7-29(2)14(15)16(30)27-9-4-5-11(20)10(6-9)18(21,22)23/h3-7,13,28,31H,1,8H2,2H3,(H,27,30)/t13-,17+/m0/s1. The molecule has 192 valence electrons. The Balaban J connectivity index is 2.00. The Bertz CT molecular complexity index is 1290. The Morgan fingerprint density at radius 2 is 1.91 bits per heavy atom. The number of halogens is 7. The van der Waals surface area contributed by atoms with Crippen LogP contribution in [0, 0.1) is 5.82 Å². The van der Waals surface area contributed by atoms with Crippen LogP contribution in [0.5, 0.6) is 5.75 Å². The lowest BCUT2D eigenvalue weighted by atomic mass is 9.95. The average molecular weight is 531 g/mol. The van der Waals surface area contributed by atoms with Gasteiger partial charge in [0.25, 0.3) is 5.91 Å². The normalized spacial score (nSPS) is 19.6. The number of anilines is 1. The maximum atomic E-state index is 13.5. The van der Waals surface area contributed by atoms with Crippen LogP contribution in [0.4, 0.5) is 36.4 Å². The van der Waals surface area contributed by atoms with Crippen molar-refractivity contribution < 1.29 is 53.8 Å². The van der Waals surface area contributed by atoms with Crippen LogP contribution in [0.25, 0.3) is 0 Å². The molecule has 2 aromatic rings. The zero-order valence-electron chi connectivity index (χ0n) is 17.5. The molecule has 1 aliphatic rings. The van der Waals surface area contributed by atoms with Gasteiger partial charge >= 0.3 is 12.4 Å². The highest BCUT2D eigenvalue weighted by Gasteiger charge is 2.58. The lowest BCUT2D eigenvalue weighted by Crippen LogP contribution is -2.61. The third-order valence-corrected chi connectivity index (χ3v) is 6.59. The van der Waals surface area contributed by atoms with Gasteiger partial charge in [-0.05, 0) is 24.3 Å². The number of fused-ring (bicyclic) bond motifs is 1. The van der Waals surface area contributed by atoms with Crippen molar-refractivity contribution in [2.75, 3.05) is 11.9 Å². The summed E-state index contributed by atoms with van der Waals surface area (Å²) in [6, 6.07) is -0.734. The molecule has 8 nitrogen and oxygen atoms in total. The van der Waals surface area contributed by atoms with Crippen LogP contribution in [0.15, 0.2) is 41.9 Å².